The number of hydrogen-bond donors (Lipinski definition) is 1. The van der Waals surface area contributed by atoms with Crippen LogP contribution >= 0.6 is 0 Å². The monoisotopic (exact) mass is 304 g/mol. The second-order valence-corrected chi connectivity index (χ2v) is 5.92. The molecule has 3 aromatic rings. The Hall–Kier alpha value is -2.68. The summed E-state index contributed by atoms with van der Waals surface area (Å²) in [6.07, 6.45) is 1.86. The summed E-state index contributed by atoms with van der Waals surface area (Å²) >= 11 is 0. The van der Waals surface area contributed by atoms with E-state index >= 15 is 0 Å². The van der Waals surface area contributed by atoms with Crippen molar-refractivity contribution in [1.82, 2.24) is 10.3 Å². The van der Waals surface area contributed by atoms with Gasteiger partial charge in [-0.1, -0.05) is 56.3 Å². The molecule has 0 radical (unpaired) electrons. The zero-order chi connectivity index (χ0) is 16.2. The predicted molar refractivity (Wildman–Crippen MR) is 93.4 cm³/mol. The van der Waals surface area contributed by atoms with Crippen molar-refractivity contribution in [3.8, 4) is 0 Å². The highest BCUT2D eigenvalue weighted by Gasteiger charge is 2.16. The van der Waals surface area contributed by atoms with E-state index in [4.69, 9.17) is 0 Å². The molecule has 2 heterocycles. The Morgan fingerprint density at radius 2 is 1.78 bits per heavy atom. The highest BCUT2D eigenvalue weighted by Crippen LogP contribution is 2.22. The number of pyridine rings is 1. The molecule has 0 spiro atoms. The lowest BCUT2D eigenvalue weighted by Gasteiger charge is -2.07. The zero-order valence-electron chi connectivity index (χ0n) is 13.4. The first-order valence-corrected chi connectivity index (χ1v) is 7.86. The molecule has 0 atom stereocenters. The topological polar surface area (TPSA) is 42.0 Å². The Balaban J connectivity index is 0.000000140. The molecule has 0 aliphatic carbocycles. The van der Waals surface area contributed by atoms with Gasteiger partial charge in [0.25, 0.3) is 5.91 Å². The molecular formula is C20H20N2O. The fourth-order valence-corrected chi connectivity index (χ4v) is 2.76. The van der Waals surface area contributed by atoms with Gasteiger partial charge in [-0.15, -0.1) is 0 Å². The molecule has 0 saturated carbocycles. The van der Waals surface area contributed by atoms with Crippen LogP contribution in [-0.2, 0) is 6.54 Å². The molecule has 1 aliphatic rings. The van der Waals surface area contributed by atoms with Gasteiger partial charge in [-0.3, -0.25) is 9.78 Å². The van der Waals surface area contributed by atoms with Crippen molar-refractivity contribution in [3.05, 3.63) is 77.5 Å². The number of carbonyl (C=O) groups excluding carboxylic acids is 1. The van der Waals surface area contributed by atoms with Crippen LogP contribution in [-0.4, -0.2) is 10.9 Å². The van der Waals surface area contributed by atoms with Gasteiger partial charge >= 0.3 is 0 Å². The summed E-state index contributed by atoms with van der Waals surface area (Å²) in [4.78, 5) is 15.4. The zero-order valence-corrected chi connectivity index (χ0v) is 13.4. The SMILES string of the molecule is CC(C)c1cccc2cccnc12.O=C1NCc2ccccc21. The van der Waals surface area contributed by atoms with E-state index in [0.29, 0.717) is 12.5 Å². The molecule has 1 N–H and O–H groups in total. The number of rotatable bonds is 1. The summed E-state index contributed by atoms with van der Waals surface area (Å²) in [6.45, 7) is 5.09. The number of carbonyl (C=O) groups is 1. The first-order chi connectivity index (χ1) is 11.2. The highest BCUT2D eigenvalue weighted by atomic mass is 16.1. The minimum Gasteiger partial charge on any atom is -0.348 e. The predicted octanol–water partition coefficient (Wildman–Crippen LogP) is 4.29. The molecule has 3 heteroatoms. The molecule has 0 fully saturated rings. The van der Waals surface area contributed by atoms with Crippen LogP contribution in [0.25, 0.3) is 10.9 Å². The molecule has 3 nitrogen and oxygen atoms in total. The maximum Gasteiger partial charge on any atom is 0.251 e. The van der Waals surface area contributed by atoms with Crippen molar-refractivity contribution in [2.75, 3.05) is 0 Å². The molecule has 2 aromatic carbocycles. The largest absolute Gasteiger partial charge is 0.348 e. The van der Waals surface area contributed by atoms with Gasteiger partial charge in [0.05, 0.1) is 5.52 Å². The van der Waals surface area contributed by atoms with Crippen molar-refractivity contribution in [3.63, 3.8) is 0 Å². The van der Waals surface area contributed by atoms with Gasteiger partial charge in [0, 0.05) is 23.7 Å². The lowest BCUT2D eigenvalue weighted by Crippen LogP contribution is -2.12. The molecule has 1 amide bonds. The van der Waals surface area contributed by atoms with Gasteiger partial charge in [-0.2, -0.15) is 0 Å². The number of aromatic nitrogens is 1. The van der Waals surface area contributed by atoms with Crippen LogP contribution in [0, 0.1) is 0 Å². The highest BCUT2D eigenvalue weighted by molar-refractivity contribution is 5.98. The van der Waals surface area contributed by atoms with Crippen LogP contribution in [0.4, 0.5) is 0 Å². The van der Waals surface area contributed by atoms with Gasteiger partial charge in [0.2, 0.25) is 0 Å². The van der Waals surface area contributed by atoms with Crippen LogP contribution in [0.5, 0.6) is 0 Å². The molecule has 116 valence electrons. The average molecular weight is 304 g/mol. The molecule has 23 heavy (non-hydrogen) atoms. The first kappa shape index (κ1) is 15.2. The normalized spacial score (nSPS) is 12.6. The van der Waals surface area contributed by atoms with Gasteiger partial charge in [0.15, 0.2) is 0 Å². The lowest BCUT2D eigenvalue weighted by atomic mass is 10.00. The number of hydrogen-bond acceptors (Lipinski definition) is 2. The number of amides is 1. The van der Waals surface area contributed by atoms with Crippen molar-refractivity contribution < 1.29 is 4.79 Å². The summed E-state index contributed by atoms with van der Waals surface area (Å²) in [5.41, 5.74) is 4.40. The molecule has 1 aromatic heterocycles. The fraction of sp³-hybridized carbons (Fsp3) is 0.200. The second-order valence-electron chi connectivity index (χ2n) is 5.92. The summed E-state index contributed by atoms with van der Waals surface area (Å²) < 4.78 is 0. The summed E-state index contributed by atoms with van der Waals surface area (Å²) in [5.74, 6) is 0.592. The molecule has 4 rings (SSSR count). The molecule has 0 saturated heterocycles. The lowest BCUT2D eigenvalue weighted by molar-refractivity contribution is 0.0966. The maximum absolute atomic E-state index is 11.0. The van der Waals surface area contributed by atoms with Crippen LogP contribution in [0.1, 0.15) is 41.3 Å². The van der Waals surface area contributed by atoms with Gasteiger partial charge in [0.1, 0.15) is 0 Å². The van der Waals surface area contributed by atoms with Gasteiger partial charge in [-0.25, -0.2) is 0 Å². The van der Waals surface area contributed by atoms with Crippen LogP contribution in [0.2, 0.25) is 0 Å². The number of para-hydroxylation sites is 1. The minimum atomic E-state index is 0.0515. The van der Waals surface area contributed by atoms with E-state index in [1.807, 2.05) is 36.5 Å². The maximum atomic E-state index is 11.0. The number of fused-ring (bicyclic) bond motifs is 2. The third kappa shape index (κ3) is 3.24. The van der Waals surface area contributed by atoms with E-state index in [2.05, 4.69) is 48.4 Å². The molecule has 0 bridgehead atoms. The van der Waals surface area contributed by atoms with E-state index in [9.17, 15) is 4.79 Å². The average Bonchev–Trinajstić information content (AvgIpc) is 2.96. The summed E-state index contributed by atoms with van der Waals surface area (Å²) in [7, 11) is 0. The summed E-state index contributed by atoms with van der Waals surface area (Å²) in [5, 5.41) is 3.98. The van der Waals surface area contributed by atoms with E-state index in [0.717, 1.165) is 16.6 Å². The number of benzene rings is 2. The van der Waals surface area contributed by atoms with Crippen molar-refractivity contribution in [2.45, 2.75) is 26.3 Å². The van der Waals surface area contributed by atoms with Gasteiger partial charge < -0.3 is 5.32 Å². The van der Waals surface area contributed by atoms with Crippen LogP contribution < -0.4 is 5.32 Å². The standard InChI is InChI=1S/C12H13N.C8H7NO/c1-9(2)11-7-3-5-10-6-4-8-13-12(10)11;10-8-7-4-2-1-3-6(7)5-9-8/h3-9H,1-2H3;1-4H,5H2,(H,9,10). The molecular weight excluding hydrogens is 284 g/mol. The van der Waals surface area contributed by atoms with Crippen molar-refractivity contribution >= 4 is 16.8 Å². The minimum absolute atomic E-state index is 0.0515. The quantitative estimate of drug-likeness (QED) is 0.728. The van der Waals surface area contributed by atoms with Crippen molar-refractivity contribution in [2.24, 2.45) is 0 Å². The molecule has 0 unspecified atom stereocenters. The fourth-order valence-electron chi connectivity index (χ4n) is 2.76. The smallest absolute Gasteiger partial charge is 0.251 e. The van der Waals surface area contributed by atoms with E-state index in [1.165, 1.54) is 10.9 Å². The first-order valence-electron chi connectivity index (χ1n) is 7.86. The molecule has 1 aliphatic heterocycles. The van der Waals surface area contributed by atoms with Crippen molar-refractivity contribution in [1.29, 1.82) is 0 Å². The van der Waals surface area contributed by atoms with Crippen LogP contribution in [0.15, 0.2) is 60.8 Å². The third-order valence-electron chi connectivity index (χ3n) is 3.99. The van der Waals surface area contributed by atoms with Crippen LogP contribution in [0.3, 0.4) is 0 Å². The number of nitrogens with zero attached hydrogens (tertiary/aromatic N) is 1. The van der Waals surface area contributed by atoms with E-state index in [-0.39, 0.29) is 5.91 Å². The second kappa shape index (κ2) is 6.61. The Morgan fingerprint density at radius 3 is 2.57 bits per heavy atom. The van der Waals surface area contributed by atoms with E-state index < -0.39 is 0 Å². The Bertz CT molecular complexity index is 834. The van der Waals surface area contributed by atoms with E-state index in [1.54, 1.807) is 0 Å². The Labute approximate surface area is 136 Å². The third-order valence-corrected chi connectivity index (χ3v) is 3.99. The van der Waals surface area contributed by atoms with Gasteiger partial charge in [-0.05, 0) is 29.2 Å². The Kier molecular flexibility index (Phi) is 4.38. The Morgan fingerprint density at radius 1 is 1.00 bits per heavy atom. The number of nitrogens with one attached hydrogen (secondary N) is 1. The summed E-state index contributed by atoms with van der Waals surface area (Å²) in [6, 6.07) is 18.1.